The van der Waals surface area contributed by atoms with Crippen molar-refractivity contribution in [2.75, 3.05) is 0 Å². The van der Waals surface area contributed by atoms with Gasteiger partial charge in [0.15, 0.2) is 0 Å². The van der Waals surface area contributed by atoms with Gasteiger partial charge in [-0.2, -0.15) is 11.8 Å². The maximum atomic E-state index is 6.53. The number of benzene rings is 2. The zero-order valence-electron chi connectivity index (χ0n) is 11.7. The van der Waals surface area contributed by atoms with Crippen LogP contribution in [0, 0.1) is 0 Å². The summed E-state index contributed by atoms with van der Waals surface area (Å²) in [4.78, 5) is 0. The molecule has 0 saturated carbocycles. The van der Waals surface area contributed by atoms with Crippen molar-refractivity contribution in [1.29, 1.82) is 0 Å². The lowest BCUT2D eigenvalue weighted by Gasteiger charge is -2.22. The Morgan fingerprint density at radius 3 is 2.60 bits per heavy atom. The highest BCUT2D eigenvalue weighted by molar-refractivity contribution is 7.99. The molecule has 0 amide bonds. The largest absolute Gasteiger partial charge is 0.323 e. The van der Waals surface area contributed by atoms with Gasteiger partial charge in [-0.15, -0.1) is 0 Å². The van der Waals surface area contributed by atoms with Gasteiger partial charge < -0.3 is 5.73 Å². The topological polar surface area (TPSA) is 26.0 Å². The predicted octanol–water partition coefficient (Wildman–Crippen LogP) is 4.32. The third-order valence-corrected chi connectivity index (χ3v) is 5.51. The molecule has 2 unspecified atom stereocenters. The van der Waals surface area contributed by atoms with Crippen LogP contribution in [-0.4, -0.2) is 5.25 Å². The number of aryl methyl sites for hydroxylation is 1. The third-order valence-electron chi connectivity index (χ3n) is 4.06. The molecule has 0 bridgehead atoms. The highest BCUT2D eigenvalue weighted by Gasteiger charge is 2.24. The summed E-state index contributed by atoms with van der Waals surface area (Å²) in [6.07, 6.45) is 3.64. The average Bonchev–Trinajstić information content (AvgIpc) is 2.66. The zero-order valence-corrected chi connectivity index (χ0v) is 12.5. The van der Waals surface area contributed by atoms with Crippen molar-refractivity contribution in [2.24, 2.45) is 5.73 Å². The summed E-state index contributed by atoms with van der Waals surface area (Å²) in [6, 6.07) is 19.5. The summed E-state index contributed by atoms with van der Waals surface area (Å²) in [5.74, 6) is 1.06. The second kappa shape index (κ2) is 6.47. The molecule has 1 nitrogen and oxygen atoms in total. The van der Waals surface area contributed by atoms with Crippen LogP contribution in [-0.2, 0) is 12.2 Å². The first-order valence-electron chi connectivity index (χ1n) is 7.33. The van der Waals surface area contributed by atoms with Gasteiger partial charge >= 0.3 is 0 Å². The first kappa shape index (κ1) is 13.7. The van der Waals surface area contributed by atoms with E-state index in [4.69, 9.17) is 5.73 Å². The van der Waals surface area contributed by atoms with Gasteiger partial charge in [-0.3, -0.25) is 0 Å². The molecular weight excluding hydrogens is 262 g/mol. The predicted molar refractivity (Wildman–Crippen MR) is 87.8 cm³/mol. The van der Waals surface area contributed by atoms with Crippen molar-refractivity contribution in [1.82, 2.24) is 0 Å². The third kappa shape index (κ3) is 3.08. The van der Waals surface area contributed by atoms with Crippen LogP contribution in [0.3, 0.4) is 0 Å². The Hall–Kier alpha value is -1.25. The van der Waals surface area contributed by atoms with Crippen LogP contribution in [0.4, 0.5) is 0 Å². The van der Waals surface area contributed by atoms with E-state index in [-0.39, 0.29) is 6.04 Å². The quantitative estimate of drug-likeness (QED) is 0.849. The molecule has 0 aliphatic heterocycles. The van der Waals surface area contributed by atoms with Gasteiger partial charge in [0.25, 0.3) is 0 Å². The normalized spacial score (nSPS) is 22.1. The standard InChI is InChI=1S/C18H21NS/c19-18-16-11-5-4-9-15(16)10-6-12-17(18)20-13-14-7-2-1-3-8-14/h1-5,7-9,11,17-18H,6,10,12-13,19H2. The average molecular weight is 283 g/mol. The van der Waals surface area contributed by atoms with Crippen molar-refractivity contribution in [3.63, 3.8) is 0 Å². The second-order valence-corrected chi connectivity index (χ2v) is 6.68. The minimum Gasteiger partial charge on any atom is -0.323 e. The number of nitrogens with two attached hydrogens (primary N) is 1. The summed E-state index contributed by atoms with van der Waals surface area (Å²) in [6.45, 7) is 0. The van der Waals surface area contributed by atoms with E-state index in [2.05, 4.69) is 54.6 Å². The van der Waals surface area contributed by atoms with E-state index >= 15 is 0 Å². The fourth-order valence-electron chi connectivity index (χ4n) is 2.93. The molecule has 1 aliphatic rings. The van der Waals surface area contributed by atoms with E-state index in [1.54, 1.807) is 0 Å². The fraction of sp³-hybridized carbons (Fsp3) is 0.333. The molecule has 0 aromatic heterocycles. The van der Waals surface area contributed by atoms with Gasteiger partial charge in [0, 0.05) is 17.0 Å². The molecular formula is C18H21NS. The van der Waals surface area contributed by atoms with Gasteiger partial charge in [-0.25, -0.2) is 0 Å². The van der Waals surface area contributed by atoms with Crippen LogP contribution in [0.5, 0.6) is 0 Å². The number of hydrogen-bond donors (Lipinski definition) is 1. The van der Waals surface area contributed by atoms with E-state index in [0.717, 1.165) is 5.75 Å². The Morgan fingerprint density at radius 2 is 1.75 bits per heavy atom. The van der Waals surface area contributed by atoms with Crippen LogP contribution in [0.25, 0.3) is 0 Å². The molecule has 0 saturated heterocycles. The molecule has 2 heteroatoms. The van der Waals surface area contributed by atoms with E-state index in [1.165, 1.54) is 36.0 Å². The Labute approximate surface area is 125 Å². The van der Waals surface area contributed by atoms with Gasteiger partial charge in [-0.05, 0) is 36.0 Å². The van der Waals surface area contributed by atoms with Gasteiger partial charge in [0.1, 0.15) is 0 Å². The van der Waals surface area contributed by atoms with Crippen LogP contribution in [0.15, 0.2) is 54.6 Å². The van der Waals surface area contributed by atoms with Crippen LogP contribution in [0.2, 0.25) is 0 Å². The maximum absolute atomic E-state index is 6.53. The lowest BCUT2D eigenvalue weighted by atomic mass is 10.00. The first-order chi connectivity index (χ1) is 9.84. The van der Waals surface area contributed by atoms with E-state index in [1.807, 2.05) is 11.8 Å². The van der Waals surface area contributed by atoms with Crippen LogP contribution >= 0.6 is 11.8 Å². The van der Waals surface area contributed by atoms with Crippen LogP contribution in [0.1, 0.15) is 35.6 Å². The SMILES string of the molecule is NC1c2ccccc2CCCC1SCc1ccccc1. The Morgan fingerprint density at radius 1 is 1.00 bits per heavy atom. The van der Waals surface area contributed by atoms with E-state index in [9.17, 15) is 0 Å². The molecule has 20 heavy (non-hydrogen) atoms. The number of rotatable bonds is 3. The monoisotopic (exact) mass is 283 g/mol. The lowest BCUT2D eigenvalue weighted by molar-refractivity contribution is 0.632. The molecule has 0 radical (unpaired) electrons. The minimum absolute atomic E-state index is 0.169. The van der Waals surface area contributed by atoms with Gasteiger partial charge in [0.05, 0.1) is 0 Å². The zero-order chi connectivity index (χ0) is 13.8. The fourth-order valence-corrected chi connectivity index (χ4v) is 4.21. The molecule has 0 spiro atoms. The molecule has 2 aromatic rings. The van der Waals surface area contributed by atoms with Gasteiger partial charge in [0.2, 0.25) is 0 Å². The van der Waals surface area contributed by atoms with E-state index < -0.39 is 0 Å². The molecule has 0 fully saturated rings. The van der Waals surface area contributed by atoms with Crippen molar-refractivity contribution >= 4 is 11.8 Å². The minimum atomic E-state index is 0.169. The van der Waals surface area contributed by atoms with Crippen molar-refractivity contribution in [3.05, 3.63) is 71.3 Å². The molecule has 2 aromatic carbocycles. The first-order valence-corrected chi connectivity index (χ1v) is 8.38. The molecule has 3 rings (SSSR count). The number of thioether (sulfide) groups is 1. The van der Waals surface area contributed by atoms with Crippen molar-refractivity contribution in [2.45, 2.75) is 36.3 Å². The number of fused-ring (bicyclic) bond motifs is 1. The van der Waals surface area contributed by atoms with Crippen molar-refractivity contribution in [3.8, 4) is 0 Å². The smallest absolute Gasteiger partial charge is 0.0418 e. The highest BCUT2D eigenvalue weighted by Crippen LogP contribution is 2.35. The lowest BCUT2D eigenvalue weighted by Crippen LogP contribution is -2.23. The Balaban J connectivity index is 1.71. The maximum Gasteiger partial charge on any atom is 0.0418 e. The summed E-state index contributed by atoms with van der Waals surface area (Å²) >= 11 is 2.01. The Kier molecular flexibility index (Phi) is 4.44. The van der Waals surface area contributed by atoms with Gasteiger partial charge in [-0.1, -0.05) is 54.6 Å². The Bertz CT molecular complexity index is 552. The second-order valence-electron chi connectivity index (χ2n) is 5.45. The summed E-state index contributed by atoms with van der Waals surface area (Å²) in [7, 11) is 0. The number of hydrogen-bond acceptors (Lipinski definition) is 2. The molecule has 1 aliphatic carbocycles. The van der Waals surface area contributed by atoms with Crippen molar-refractivity contribution < 1.29 is 0 Å². The van der Waals surface area contributed by atoms with Crippen LogP contribution < -0.4 is 5.73 Å². The molecule has 2 atom stereocenters. The summed E-state index contributed by atoms with van der Waals surface area (Å²) in [5.41, 5.74) is 10.7. The molecule has 0 heterocycles. The highest BCUT2D eigenvalue weighted by atomic mass is 32.2. The summed E-state index contributed by atoms with van der Waals surface area (Å²) < 4.78 is 0. The molecule has 104 valence electrons. The molecule has 2 N–H and O–H groups in total. The summed E-state index contributed by atoms with van der Waals surface area (Å²) in [5, 5.41) is 0.527. The van der Waals surface area contributed by atoms with E-state index in [0.29, 0.717) is 5.25 Å².